The average molecular weight is 467 g/mol. The second kappa shape index (κ2) is 9.29. The maximum Gasteiger partial charge on any atom is 0.410 e. The Morgan fingerprint density at radius 3 is 2.09 bits per heavy atom. The van der Waals surface area contributed by atoms with Crippen molar-refractivity contribution in [1.82, 2.24) is 9.88 Å². The first-order valence-corrected chi connectivity index (χ1v) is 12.7. The van der Waals surface area contributed by atoms with E-state index in [1.165, 1.54) is 22.3 Å². The SMILES string of the molecule is O=C(Cc1ccncc1)C1CC2CCCC(C1)N2C(=O)OCC1c2ccccc2-c2ccccc21. The predicted molar refractivity (Wildman–Crippen MR) is 134 cm³/mol. The summed E-state index contributed by atoms with van der Waals surface area (Å²) in [4.78, 5) is 32.4. The second-order valence-corrected chi connectivity index (χ2v) is 10.1. The zero-order chi connectivity index (χ0) is 23.8. The average Bonchev–Trinajstić information content (AvgIpc) is 3.21. The van der Waals surface area contributed by atoms with Gasteiger partial charge in [-0.2, -0.15) is 0 Å². The number of aromatic nitrogens is 1. The van der Waals surface area contributed by atoms with Crippen LogP contribution < -0.4 is 0 Å². The minimum Gasteiger partial charge on any atom is -0.448 e. The van der Waals surface area contributed by atoms with E-state index in [1.807, 2.05) is 17.0 Å². The molecule has 5 nitrogen and oxygen atoms in total. The van der Waals surface area contributed by atoms with Crippen LogP contribution in [0, 0.1) is 5.92 Å². The van der Waals surface area contributed by atoms with Crippen LogP contribution in [0.3, 0.4) is 0 Å². The van der Waals surface area contributed by atoms with E-state index in [1.54, 1.807) is 12.4 Å². The Morgan fingerprint density at radius 1 is 0.857 bits per heavy atom. The van der Waals surface area contributed by atoms with Gasteiger partial charge in [-0.05, 0) is 72.1 Å². The predicted octanol–water partition coefficient (Wildman–Crippen LogP) is 5.78. The van der Waals surface area contributed by atoms with E-state index in [2.05, 4.69) is 53.5 Å². The quantitative estimate of drug-likeness (QED) is 0.479. The van der Waals surface area contributed by atoms with Crippen LogP contribution in [-0.2, 0) is 16.0 Å². The Hall–Kier alpha value is -3.47. The van der Waals surface area contributed by atoms with Gasteiger partial charge >= 0.3 is 6.09 Å². The molecule has 178 valence electrons. The van der Waals surface area contributed by atoms with Crippen LogP contribution in [0.1, 0.15) is 54.7 Å². The molecule has 35 heavy (non-hydrogen) atoms. The van der Waals surface area contributed by atoms with Crippen molar-refractivity contribution in [3.8, 4) is 11.1 Å². The fraction of sp³-hybridized carbons (Fsp3) is 0.367. The van der Waals surface area contributed by atoms with Crippen molar-refractivity contribution in [1.29, 1.82) is 0 Å². The summed E-state index contributed by atoms with van der Waals surface area (Å²) in [5, 5.41) is 0. The van der Waals surface area contributed by atoms with Gasteiger partial charge in [-0.3, -0.25) is 9.78 Å². The number of amides is 1. The third-order valence-electron chi connectivity index (χ3n) is 8.10. The lowest BCUT2D eigenvalue weighted by atomic mass is 9.76. The summed E-state index contributed by atoms with van der Waals surface area (Å²) in [6.07, 6.45) is 8.16. The molecule has 0 spiro atoms. The molecule has 5 heteroatoms. The number of hydrogen-bond donors (Lipinski definition) is 0. The van der Waals surface area contributed by atoms with Crippen LogP contribution in [0.4, 0.5) is 4.79 Å². The van der Waals surface area contributed by atoms with E-state index in [0.717, 1.165) is 37.7 Å². The topological polar surface area (TPSA) is 59.5 Å². The number of ether oxygens (including phenoxy) is 1. The molecule has 2 aliphatic heterocycles. The van der Waals surface area contributed by atoms with Crippen LogP contribution >= 0.6 is 0 Å². The maximum atomic E-state index is 13.4. The van der Waals surface area contributed by atoms with E-state index in [9.17, 15) is 9.59 Å². The zero-order valence-electron chi connectivity index (χ0n) is 19.8. The van der Waals surface area contributed by atoms with Crippen molar-refractivity contribution in [2.45, 2.75) is 56.5 Å². The van der Waals surface area contributed by atoms with Gasteiger partial charge in [-0.15, -0.1) is 0 Å². The van der Waals surface area contributed by atoms with Crippen LogP contribution in [0.2, 0.25) is 0 Å². The minimum atomic E-state index is -0.221. The number of fused-ring (bicyclic) bond motifs is 5. The van der Waals surface area contributed by atoms with Crippen LogP contribution in [0.5, 0.6) is 0 Å². The Morgan fingerprint density at radius 2 is 1.46 bits per heavy atom. The van der Waals surface area contributed by atoms with Gasteiger partial charge in [-0.1, -0.05) is 48.5 Å². The van der Waals surface area contributed by atoms with Gasteiger partial charge < -0.3 is 9.64 Å². The molecule has 1 aromatic heterocycles. The summed E-state index contributed by atoms with van der Waals surface area (Å²) in [7, 11) is 0. The Labute approximate surface area is 206 Å². The van der Waals surface area contributed by atoms with Crippen LogP contribution in [0.15, 0.2) is 73.1 Å². The summed E-state index contributed by atoms with van der Waals surface area (Å²) >= 11 is 0. The van der Waals surface area contributed by atoms with Gasteiger partial charge in [0, 0.05) is 42.7 Å². The van der Waals surface area contributed by atoms with E-state index in [-0.39, 0.29) is 35.8 Å². The summed E-state index contributed by atoms with van der Waals surface area (Å²) in [5.41, 5.74) is 5.92. The number of hydrogen-bond acceptors (Lipinski definition) is 4. The largest absolute Gasteiger partial charge is 0.448 e. The first-order chi connectivity index (χ1) is 17.2. The molecule has 2 saturated heterocycles. The molecule has 0 N–H and O–H groups in total. The van der Waals surface area contributed by atoms with Crippen molar-refractivity contribution < 1.29 is 14.3 Å². The lowest BCUT2D eigenvalue weighted by molar-refractivity contribution is -0.126. The fourth-order valence-electron chi connectivity index (χ4n) is 6.46. The standard InChI is InChI=1S/C30H30N2O3/c33-29(16-20-12-14-31-15-13-20)21-17-22-6-5-7-23(18-21)32(22)30(34)35-19-28-26-10-3-1-8-24(26)25-9-2-4-11-27(25)28/h1-4,8-15,21-23,28H,5-7,16-19H2. The molecule has 2 atom stereocenters. The molecule has 3 aliphatic rings. The lowest BCUT2D eigenvalue weighted by Gasteiger charge is -2.47. The number of benzene rings is 2. The van der Waals surface area contributed by atoms with Gasteiger partial charge in [0.2, 0.25) is 0 Å². The van der Waals surface area contributed by atoms with Crippen LogP contribution in [-0.4, -0.2) is 40.5 Å². The van der Waals surface area contributed by atoms with E-state index in [0.29, 0.717) is 13.0 Å². The van der Waals surface area contributed by atoms with Gasteiger partial charge in [0.25, 0.3) is 0 Å². The van der Waals surface area contributed by atoms with E-state index < -0.39 is 0 Å². The molecule has 0 radical (unpaired) electrons. The second-order valence-electron chi connectivity index (χ2n) is 10.1. The summed E-state index contributed by atoms with van der Waals surface area (Å²) < 4.78 is 6.00. The number of rotatable bonds is 5. The molecule has 3 heterocycles. The summed E-state index contributed by atoms with van der Waals surface area (Å²) in [6, 6.07) is 20.8. The molecule has 2 bridgehead atoms. The van der Waals surface area contributed by atoms with Gasteiger partial charge in [0.15, 0.2) is 0 Å². The number of Topliss-reactive ketones (excluding diaryl/α,β-unsaturated/α-hetero) is 1. The normalized spacial score (nSPS) is 22.9. The molecule has 6 rings (SSSR count). The number of carbonyl (C=O) groups excluding carboxylic acids is 2. The fourth-order valence-corrected chi connectivity index (χ4v) is 6.46. The maximum absolute atomic E-state index is 13.4. The number of nitrogens with zero attached hydrogens (tertiary/aromatic N) is 2. The number of carbonyl (C=O) groups is 2. The zero-order valence-corrected chi connectivity index (χ0v) is 19.8. The van der Waals surface area contributed by atoms with Crippen molar-refractivity contribution in [3.63, 3.8) is 0 Å². The molecular weight excluding hydrogens is 436 g/mol. The highest BCUT2D eigenvalue weighted by Crippen LogP contribution is 2.45. The third kappa shape index (κ3) is 4.13. The lowest BCUT2D eigenvalue weighted by Crippen LogP contribution is -2.56. The molecule has 1 aliphatic carbocycles. The van der Waals surface area contributed by atoms with Crippen molar-refractivity contribution >= 4 is 11.9 Å². The number of piperidine rings is 2. The molecule has 0 saturated carbocycles. The molecule has 1 amide bonds. The highest BCUT2D eigenvalue weighted by Gasteiger charge is 2.43. The van der Waals surface area contributed by atoms with Gasteiger partial charge in [-0.25, -0.2) is 4.79 Å². The number of ketones is 1. The summed E-state index contributed by atoms with van der Waals surface area (Å²) in [6.45, 7) is 0.340. The Kier molecular flexibility index (Phi) is 5.85. The Balaban J connectivity index is 1.14. The third-order valence-corrected chi connectivity index (χ3v) is 8.10. The van der Waals surface area contributed by atoms with Crippen molar-refractivity contribution in [2.24, 2.45) is 5.92 Å². The first-order valence-electron chi connectivity index (χ1n) is 12.7. The molecule has 2 unspecified atom stereocenters. The molecule has 2 fully saturated rings. The smallest absolute Gasteiger partial charge is 0.410 e. The van der Waals surface area contributed by atoms with Crippen molar-refractivity contribution in [2.75, 3.05) is 6.61 Å². The molecule has 3 aromatic rings. The van der Waals surface area contributed by atoms with Crippen LogP contribution in [0.25, 0.3) is 11.1 Å². The number of pyridine rings is 1. The van der Waals surface area contributed by atoms with Gasteiger partial charge in [0.1, 0.15) is 12.4 Å². The highest BCUT2D eigenvalue weighted by atomic mass is 16.6. The Bertz CT molecular complexity index is 1180. The van der Waals surface area contributed by atoms with E-state index in [4.69, 9.17) is 4.74 Å². The molecular formula is C30H30N2O3. The monoisotopic (exact) mass is 466 g/mol. The summed E-state index contributed by atoms with van der Waals surface area (Å²) in [5.74, 6) is 0.349. The first kappa shape index (κ1) is 22.0. The van der Waals surface area contributed by atoms with E-state index >= 15 is 0 Å². The molecule has 2 aromatic carbocycles. The highest BCUT2D eigenvalue weighted by molar-refractivity contribution is 5.84. The minimum absolute atomic E-state index is 0.0103. The van der Waals surface area contributed by atoms with Gasteiger partial charge in [0.05, 0.1) is 0 Å². The van der Waals surface area contributed by atoms with Crippen molar-refractivity contribution in [3.05, 3.63) is 89.7 Å².